The van der Waals surface area contributed by atoms with Gasteiger partial charge < -0.3 is 14.4 Å². The first-order valence-corrected chi connectivity index (χ1v) is 15.3. The molecule has 2 aromatic carbocycles. The number of pyridine rings is 1. The van der Waals surface area contributed by atoms with Crippen LogP contribution in [0.3, 0.4) is 0 Å². The number of aromatic nitrogens is 1. The Morgan fingerprint density at radius 1 is 0.907 bits per heavy atom. The van der Waals surface area contributed by atoms with Gasteiger partial charge in [0.2, 0.25) is 0 Å². The van der Waals surface area contributed by atoms with Crippen LogP contribution in [0.1, 0.15) is 64.1 Å². The molecule has 0 N–H and O–H groups in total. The number of amides is 1. The number of Topliss-reactive ketones (excluding diaryl/α,β-unsaturated/α-hetero) is 1. The lowest BCUT2D eigenvalue weighted by Crippen LogP contribution is -2.41. The number of aryl methyl sites for hydroxylation is 1. The van der Waals surface area contributed by atoms with Crippen LogP contribution in [0.15, 0.2) is 66.9 Å². The largest absolute Gasteiger partial charge is 0.497 e. The maximum Gasteiger partial charge on any atom is 0.335 e. The van der Waals surface area contributed by atoms with Crippen LogP contribution in [0, 0.1) is 12.8 Å². The molecule has 10 heteroatoms. The number of benzene rings is 2. The predicted molar refractivity (Wildman–Crippen MR) is 164 cm³/mol. The van der Waals surface area contributed by atoms with Gasteiger partial charge in [-0.15, -0.1) is 0 Å². The number of piperidine rings is 2. The Hall–Kier alpha value is -3.89. The van der Waals surface area contributed by atoms with Crippen molar-refractivity contribution in [1.82, 2.24) is 14.8 Å². The molecule has 0 aliphatic carbocycles. The minimum Gasteiger partial charge on any atom is -0.497 e. The van der Waals surface area contributed by atoms with Gasteiger partial charge in [0.15, 0.2) is 5.78 Å². The molecule has 2 saturated heterocycles. The van der Waals surface area contributed by atoms with E-state index in [1.54, 1.807) is 25.4 Å². The van der Waals surface area contributed by atoms with E-state index in [0.29, 0.717) is 36.7 Å². The zero-order valence-electron chi connectivity index (χ0n) is 24.8. The number of ketones is 1. The highest BCUT2D eigenvalue weighted by Crippen LogP contribution is 2.25. The van der Waals surface area contributed by atoms with E-state index in [1.807, 2.05) is 41.3 Å². The van der Waals surface area contributed by atoms with Crippen LogP contribution in [0.4, 0.5) is 0 Å². The highest BCUT2D eigenvalue weighted by atomic mass is 32.1. The second kappa shape index (κ2) is 16.1. The molecule has 9 nitrogen and oxygen atoms in total. The summed E-state index contributed by atoms with van der Waals surface area (Å²) < 4.78 is 28.0. The second-order valence-corrected chi connectivity index (χ2v) is 11.3. The SMILES string of the molecule is COc1cccc(CN2CCC(CC(=O)c3ccc(C(=O)N4CCC(Oc5ccc(C)cc5)CC4)cn3)CC2)c1.O=S=O. The number of rotatable bonds is 9. The Labute approximate surface area is 256 Å². The van der Waals surface area contributed by atoms with Crippen molar-refractivity contribution in [3.05, 3.63) is 89.2 Å². The van der Waals surface area contributed by atoms with E-state index < -0.39 is 11.6 Å². The molecule has 2 fully saturated rings. The first-order valence-electron chi connectivity index (χ1n) is 14.7. The monoisotopic (exact) mass is 605 g/mol. The van der Waals surface area contributed by atoms with Gasteiger partial charge in [-0.3, -0.25) is 19.5 Å². The average Bonchev–Trinajstić information content (AvgIpc) is 3.04. The summed E-state index contributed by atoms with van der Waals surface area (Å²) in [5.74, 6) is 2.13. The number of methoxy groups -OCH3 is 1. The molecule has 2 aliphatic rings. The molecule has 0 radical (unpaired) electrons. The summed E-state index contributed by atoms with van der Waals surface area (Å²) in [5, 5.41) is 0. The van der Waals surface area contributed by atoms with Crippen LogP contribution in [-0.2, 0) is 18.1 Å². The lowest BCUT2D eigenvalue weighted by molar-refractivity contribution is 0.0594. The minimum atomic E-state index is -0.750. The average molecular weight is 606 g/mol. The topological polar surface area (TPSA) is 106 Å². The van der Waals surface area contributed by atoms with Gasteiger partial charge in [0.1, 0.15) is 23.3 Å². The maximum absolute atomic E-state index is 13.0. The zero-order valence-corrected chi connectivity index (χ0v) is 25.6. The lowest BCUT2D eigenvalue weighted by Gasteiger charge is -2.32. The molecular weight excluding hydrogens is 566 g/mol. The first-order chi connectivity index (χ1) is 20.9. The van der Waals surface area contributed by atoms with E-state index in [9.17, 15) is 9.59 Å². The van der Waals surface area contributed by atoms with Crippen LogP contribution >= 0.6 is 0 Å². The fourth-order valence-corrected chi connectivity index (χ4v) is 5.60. The normalized spacial score (nSPS) is 16.1. The number of carbonyl (C=O) groups excluding carboxylic acids is 2. The van der Waals surface area contributed by atoms with E-state index in [-0.39, 0.29) is 17.8 Å². The third-order valence-corrected chi connectivity index (χ3v) is 8.07. The first kappa shape index (κ1) is 32.0. The molecule has 1 aromatic heterocycles. The van der Waals surface area contributed by atoms with Crippen molar-refractivity contribution in [2.75, 3.05) is 33.3 Å². The quantitative estimate of drug-likeness (QED) is 0.317. The molecule has 0 bridgehead atoms. The van der Waals surface area contributed by atoms with Gasteiger partial charge in [-0.05, 0) is 80.7 Å². The summed E-state index contributed by atoms with van der Waals surface area (Å²) >= 11 is -0.750. The van der Waals surface area contributed by atoms with Gasteiger partial charge in [-0.2, -0.15) is 8.42 Å². The summed E-state index contributed by atoms with van der Waals surface area (Å²) in [5.41, 5.74) is 3.42. The van der Waals surface area contributed by atoms with Gasteiger partial charge in [0, 0.05) is 45.1 Å². The Morgan fingerprint density at radius 2 is 1.60 bits per heavy atom. The summed E-state index contributed by atoms with van der Waals surface area (Å²) in [7, 11) is 1.69. The Morgan fingerprint density at radius 3 is 2.23 bits per heavy atom. The lowest BCUT2D eigenvalue weighted by atomic mass is 9.90. The van der Waals surface area contributed by atoms with Crippen molar-refractivity contribution in [2.24, 2.45) is 5.92 Å². The third kappa shape index (κ3) is 9.56. The zero-order chi connectivity index (χ0) is 30.6. The Balaban J connectivity index is 0.00000135. The van der Waals surface area contributed by atoms with Crippen LogP contribution in [0.25, 0.3) is 0 Å². The smallest absolute Gasteiger partial charge is 0.335 e. The molecule has 43 heavy (non-hydrogen) atoms. The minimum absolute atomic E-state index is 0.0382. The Kier molecular flexibility index (Phi) is 12.0. The molecule has 0 atom stereocenters. The second-order valence-electron chi connectivity index (χ2n) is 11.1. The number of ether oxygens (including phenoxy) is 2. The van der Waals surface area contributed by atoms with Crippen molar-refractivity contribution in [2.45, 2.75) is 51.7 Å². The van der Waals surface area contributed by atoms with Gasteiger partial charge in [0.05, 0.1) is 12.7 Å². The van der Waals surface area contributed by atoms with Gasteiger partial charge in [-0.1, -0.05) is 29.8 Å². The van der Waals surface area contributed by atoms with Crippen molar-refractivity contribution in [3.63, 3.8) is 0 Å². The van der Waals surface area contributed by atoms with Crippen LogP contribution in [0.2, 0.25) is 0 Å². The van der Waals surface area contributed by atoms with E-state index in [0.717, 1.165) is 56.8 Å². The van der Waals surface area contributed by atoms with Crippen molar-refractivity contribution in [1.29, 1.82) is 0 Å². The van der Waals surface area contributed by atoms with E-state index >= 15 is 0 Å². The molecule has 228 valence electrons. The fourth-order valence-electron chi connectivity index (χ4n) is 5.60. The van der Waals surface area contributed by atoms with Gasteiger partial charge >= 0.3 is 11.6 Å². The molecule has 2 aliphatic heterocycles. The van der Waals surface area contributed by atoms with E-state index in [4.69, 9.17) is 17.9 Å². The van der Waals surface area contributed by atoms with Crippen molar-refractivity contribution in [3.8, 4) is 11.5 Å². The molecule has 3 heterocycles. The van der Waals surface area contributed by atoms with E-state index in [1.165, 1.54) is 11.1 Å². The molecule has 5 rings (SSSR count). The predicted octanol–water partition coefficient (Wildman–Crippen LogP) is 4.90. The highest BCUT2D eigenvalue weighted by Gasteiger charge is 2.26. The van der Waals surface area contributed by atoms with Crippen LogP contribution in [-0.4, -0.2) is 74.3 Å². The van der Waals surface area contributed by atoms with E-state index in [2.05, 4.69) is 28.9 Å². The van der Waals surface area contributed by atoms with Gasteiger partial charge in [0.25, 0.3) is 5.91 Å². The fraction of sp³-hybridized carbons (Fsp3) is 0.424. The van der Waals surface area contributed by atoms with Crippen LogP contribution in [0.5, 0.6) is 11.5 Å². The summed E-state index contributed by atoms with van der Waals surface area (Å²) in [4.78, 5) is 34.7. The molecule has 1 amide bonds. The molecule has 0 saturated carbocycles. The van der Waals surface area contributed by atoms with Crippen LogP contribution < -0.4 is 9.47 Å². The number of hydrogen-bond acceptors (Lipinski definition) is 8. The number of carbonyl (C=O) groups is 2. The summed E-state index contributed by atoms with van der Waals surface area (Å²) in [6.45, 7) is 6.19. The Bertz CT molecular complexity index is 1380. The van der Waals surface area contributed by atoms with Crippen molar-refractivity contribution < 1.29 is 27.5 Å². The third-order valence-electron chi connectivity index (χ3n) is 8.07. The number of likely N-dealkylation sites (tertiary alicyclic amines) is 2. The highest BCUT2D eigenvalue weighted by molar-refractivity contribution is 7.51. The summed E-state index contributed by atoms with van der Waals surface area (Å²) in [6, 6.07) is 19.7. The standard InChI is InChI=1S/C33H39N3O4.O2S/c1-24-6-9-28(10-7-24)40-29-14-18-36(19-15-29)33(38)27-8-11-31(34-22-27)32(37)21-25-12-16-35(17-13-25)23-26-4-3-5-30(20-26)39-2;1-3-2/h3-11,20,22,25,29H,12-19,21,23H2,1-2H3;. The molecule has 0 spiro atoms. The number of hydrogen-bond donors (Lipinski definition) is 0. The molecule has 0 unspecified atom stereocenters. The summed E-state index contributed by atoms with van der Waals surface area (Å²) in [6.07, 6.45) is 5.75. The molecule has 3 aromatic rings. The number of nitrogens with zero attached hydrogens (tertiary/aromatic N) is 3. The van der Waals surface area contributed by atoms with Gasteiger partial charge in [-0.25, -0.2) is 0 Å². The maximum atomic E-state index is 13.0. The molecular formula is C33H39N3O6S. The van der Waals surface area contributed by atoms with Crippen molar-refractivity contribution >= 4 is 23.3 Å².